The number of halogens is 2. The van der Waals surface area contributed by atoms with Crippen molar-refractivity contribution in [3.8, 4) is 0 Å². The fourth-order valence-electron chi connectivity index (χ4n) is 1.49. The molecule has 1 rings (SSSR count). The van der Waals surface area contributed by atoms with Crippen molar-refractivity contribution in [1.82, 2.24) is 0 Å². The van der Waals surface area contributed by atoms with Crippen LogP contribution < -0.4 is 5.73 Å². The molecule has 0 amide bonds. The Balaban J connectivity index is 3.02. The average Bonchev–Trinajstić information content (AvgIpc) is 2.25. The molecular formula is C11H11F2NO4. The maximum Gasteiger partial charge on any atom is 0.335 e. The van der Waals surface area contributed by atoms with Crippen LogP contribution in [-0.4, -0.2) is 22.2 Å². The van der Waals surface area contributed by atoms with Crippen molar-refractivity contribution in [2.45, 2.75) is 18.9 Å². The van der Waals surface area contributed by atoms with Gasteiger partial charge in [-0.3, -0.25) is 4.79 Å². The molecule has 0 radical (unpaired) electrons. The van der Waals surface area contributed by atoms with Gasteiger partial charge in [0.1, 0.15) is 11.6 Å². The van der Waals surface area contributed by atoms with Crippen LogP contribution in [0.4, 0.5) is 8.78 Å². The Hall–Kier alpha value is -2.02. The summed E-state index contributed by atoms with van der Waals surface area (Å²) in [6.45, 7) is 0. The summed E-state index contributed by atoms with van der Waals surface area (Å²) in [5, 5.41) is 17.0. The lowest BCUT2D eigenvalue weighted by Gasteiger charge is -2.13. The monoisotopic (exact) mass is 259 g/mol. The summed E-state index contributed by atoms with van der Waals surface area (Å²) in [6.07, 6.45) is -0.476. The smallest absolute Gasteiger partial charge is 0.335 e. The van der Waals surface area contributed by atoms with Crippen molar-refractivity contribution < 1.29 is 28.6 Å². The Labute approximate surface area is 101 Å². The van der Waals surface area contributed by atoms with Gasteiger partial charge in [0.15, 0.2) is 0 Å². The van der Waals surface area contributed by atoms with Crippen LogP contribution in [0.5, 0.6) is 0 Å². The number of aliphatic carboxylic acids is 1. The van der Waals surface area contributed by atoms with Crippen molar-refractivity contribution in [2.75, 3.05) is 0 Å². The summed E-state index contributed by atoms with van der Waals surface area (Å²) >= 11 is 0. The van der Waals surface area contributed by atoms with Crippen LogP contribution in [0.3, 0.4) is 0 Å². The Morgan fingerprint density at radius 2 is 1.72 bits per heavy atom. The van der Waals surface area contributed by atoms with E-state index in [9.17, 15) is 18.4 Å². The average molecular weight is 259 g/mol. The second kappa shape index (κ2) is 5.54. The number of rotatable bonds is 5. The predicted octanol–water partition coefficient (Wildman–Crippen LogP) is 1.53. The predicted molar refractivity (Wildman–Crippen MR) is 57.1 cm³/mol. The Morgan fingerprint density at radius 3 is 2.11 bits per heavy atom. The van der Waals surface area contributed by atoms with Crippen molar-refractivity contribution in [3.05, 3.63) is 34.9 Å². The van der Waals surface area contributed by atoms with Crippen LogP contribution in [0, 0.1) is 11.6 Å². The molecule has 0 heterocycles. The van der Waals surface area contributed by atoms with Gasteiger partial charge in [0.2, 0.25) is 0 Å². The molecule has 0 aliphatic rings. The van der Waals surface area contributed by atoms with E-state index in [1.807, 2.05) is 0 Å². The standard InChI is InChI=1S/C11H11F2NO4/c12-6-3-5(11(17)18)4-7(13)10(6)8(14)1-2-9(15)16/h3-4,8H,1-2,14H2,(H,15,16)(H,17,18). The van der Waals surface area contributed by atoms with Gasteiger partial charge in [-0.1, -0.05) is 0 Å². The minimum Gasteiger partial charge on any atom is -0.481 e. The third-order valence-electron chi connectivity index (χ3n) is 2.37. The molecule has 5 nitrogen and oxygen atoms in total. The van der Waals surface area contributed by atoms with E-state index in [-0.39, 0.29) is 12.8 Å². The molecule has 0 spiro atoms. The highest BCUT2D eigenvalue weighted by Gasteiger charge is 2.20. The highest BCUT2D eigenvalue weighted by atomic mass is 19.1. The zero-order valence-corrected chi connectivity index (χ0v) is 9.19. The van der Waals surface area contributed by atoms with Gasteiger partial charge < -0.3 is 15.9 Å². The molecule has 1 unspecified atom stereocenters. The summed E-state index contributed by atoms with van der Waals surface area (Å²) in [4.78, 5) is 20.9. The van der Waals surface area contributed by atoms with Crippen molar-refractivity contribution in [2.24, 2.45) is 5.73 Å². The molecule has 0 aromatic heterocycles. The molecule has 98 valence electrons. The van der Waals surface area contributed by atoms with Crippen molar-refractivity contribution in [1.29, 1.82) is 0 Å². The molecule has 1 aromatic rings. The summed E-state index contributed by atoms with van der Waals surface area (Å²) in [6, 6.07) is 0.173. The fraction of sp³-hybridized carbons (Fsp3) is 0.273. The second-order valence-corrected chi connectivity index (χ2v) is 3.70. The summed E-state index contributed by atoms with van der Waals surface area (Å²) in [7, 11) is 0. The third-order valence-corrected chi connectivity index (χ3v) is 2.37. The molecule has 0 saturated carbocycles. The number of hydrogen-bond acceptors (Lipinski definition) is 3. The molecule has 4 N–H and O–H groups in total. The van der Waals surface area contributed by atoms with Gasteiger partial charge in [0, 0.05) is 18.0 Å². The maximum absolute atomic E-state index is 13.5. The topological polar surface area (TPSA) is 101 Å². The zero-order chi connectivity index (χ0) is 13.9. The molecule has 1 aromatic carbocycles. The molecule has 7 heteroatoms. The number of hydrogen-bond donors (Lipinski definition) is 3. The first-order chi connectivity index (χ1) is 8.32. The van der Waals surface area contributed by atoms with E-state index in [0.29, 0.717) is 12.1 Å². The third kappa shape index (κ3) is 3.24. The normalized spacial score (nSPS) is 12.2. The highest BCUT2D eigenvalue weighted by molar-refractivity contribution is 5.87. The molecule has 0 aliphatic heterocycles. The number of carboxylic acids is 2. The van der Waals surface area contributed by atoms with E-state index in [1.165, 1.54) is 0 Å². The maximum atomic E-state index is 13.5. The lowest BCUT2D eigenvalue weighted by atomic mass is 10.00. The SMILES string of the molecule is NC(CCC(=O)O)c1c(F)cc(C(=O)O)cc1F. The summed E-state index contributed by atoms with van der Waals surface area (Å²) in [5.41, 5.74) is 4.45. The molecule has 18 heavy (non-hydrogen) atoms. The lowest BCUT2D eigenvalue weighted by Crippen LogP contribution is -2.16. The van der Waals surface area contributed by atoms with Gasteiger partial charge in [-0.05, 0) is 18.6 Å². The Bertz CT molecular complexity index is 467. The Kier molecular flexibility index (Phi) is 4.33. The first kappa shape index (κ1) is 14.0. The summed E-state index contributed by atoms with van der Waals surface area (Å²) in [5.74, 6) is -4.78. The fourth-order valence-corrected chi connectivity index (χ4v) is 1.49. The number of aromatic carboxylic acids is 1. The van der Waals surface area contributed by atoms with Crippen LogP contribution >= 0.6 is 0 Å². The van der Waals surface area contributed by atoms with Crippen LogP contribution in [0.2, 0.25) is 0 Å². The van der Waals surface area contributed by atoms with Gasteiger partial charge in [-0.15, -0.1) is 0 Å². The summed E-state index contributed by atoms with van der Waals surface area (Å²) < 4.78 is 27.0. The lowest BCUT2D eigenvalue weighted by molar-refractivity contribution is -0.137. The van der Waals surface area contributed by atoms with Crippen LogP contribution in [0.1, 0.15) is 34.8 Å². The minimum atomic E-state index is -1.46. The minimum absolute atomic E-state index is 0.143. The Morgan fingerprint density at radius 1 is 1.22 bits per heavy atom. The number of carbonyl (C=O) groups is 2. The van der Waals surface area contributed by atoms with Gasteiger partial charge in [-0.2, -0.15) is 0 Å². The van der Waals surface area contributed by atoms with E-state index < -0.39 is 40.7 Å². The largest absolute Gasteiger partial charge is 0.481 e. The number of carboxylic acid groups (broad SMARTS) is 2. The quantitative estimate of drug-likeness (QED) is 0.744. The van der Waals surface area contributed by atoms with E-state index in [0.717, 1.165) is 0 Å². The highest BCUT2D eigenvalue weighted by Crippen LogP contribution is 2.24. The van der Waals surface area contributed by atoms with Crippen molar-refractivity contribution in [3.63, 3.8) is 0 Å². The molecule has 0 fully saturated rings. The first-order valence-corrected chi connectivity index (χ1v) is 5.02. The first-order valence-electron chi connectivity index (χ1n) is 5.02. The second-order valence-electron chi connectivity index (χ2n) is 3.70. The molecule has 0 saturated heterocycles. The molecule has 0 bridgehead atoms. The van der Waals surface area contributed by atoms with Crippen molar-refractivity contribution >= 4 is 11.9 Å². The van der Waals surface area contributed by atoms with E-state index in [1.54, 1.807) is 0 Å². The molecular weight excluding hydrogens is 248 g/mol. The van der Waals surface area contributed by atoms with Gasteiger partial charge in [0.25, 0.3) is 0 Å². The van der Waals surface area contributed by atoms with E-state index in [2.05, 4.69) is 0 Å². The molecule has 0 aliphatic carbocycles. The molecule has 1 atom stereocenters. The van der Waals surface area contributed by atoms with Crippen LogP contribution in [0.15, 0.2) is 12.1 Å². The van der Waals surface area contributed by atoms with Gasteiger partial charge >= 0.3 is 11.9 Å². The van der Waals surface area contributed by atoms with E-state index in [4.69, 9.17) is 15.9 Å². The zero-order valence-electron chi connectivity index (χ0n) is 9.19. The number of nitrogens with two attached hydrogens (primary N) is 1. The van der Waals surface area contributed by atoms with E-state index >= 15 is 0 Å². The number of benzene rings is 1. The van der Waals surface area contributed by atoms with Gasteiger partial charge in [-0.25, -0.2) is 13.6 Å². The van der Waals surface area contributed by atoms with Crippen LogP contribution in [-0.2, 0) is 4.79 Å². The van der Waals surface area contributed by atoms with Gasteiger partial charge in [0.05, 0.1) is 5.56 Å². The van der Waals surface area contributed by atoms with Crippen LogP contribution in [0.25, 0.3) is 0 Å².